The number of carbonyl (C=O) groups is 4. The van der Waals surface area contributed by atoms with E-state index in [1.54, 1.807) is 24.3 Å². The van der Waals surface area contributed by atoms with Gasteiger partial charge in [0, 0.05) is 12.1 Å². The van der Waals surface area contributed by atoms with Crippen LogP contribution in [0.5, 0.6) is 0 Å². The number of carboxylic acid groups (broad SMARTS) is 1. The molecule has 2 aliphatic rings. The molecular weight excluding hydrogens is 314 g/mol. The Hall–Kier alpha value is -2.90. The van der Waals surface area contributed by atoms with Gasteiger partial charge >= 0.3 is 12.0 Å². The zero-order valence-corrected chi connectivity index (χ0v) is 12.9. The number of carboxylic acids is 1. The molecule has 1 aromatic rings. The lowest BCUT2D eigenvalue weighted by molar-refractivity contribution is -0.141. The van der Waals surface area contributed by atoms with Crippen LogP contribution in [0.25, 0.3) is 0 Å². The third kappa shape index (κ3) is 2.94. The number of nitrogens with zero attached hydrogens (tertiary/aromatic N) is 2. The molecule has 2 aliphatic heterocycles. The zero-order valence-electron chi connectivity index (χ0n) is 12.9. The number of nitrogens with one attached hydrogen (secondary N) is 1. The second-order valence-corrected chi connectivity index (χ2v) is 5.83. The first-order valence-electron chi connectivity index (χ1n) is 7.68. The van der Waals surface area contributed by atoms with Gasteiger partial charge in [-0.2, -0.15) is 0 Å². The lowest BCUT2D eigenvalue weighted by Gasteiger charge is -2.22. The fraction of sp³-hybridized carbons (Fsp3) is 0.375. The van der Waals surface area contributed by atoms with E-state index in [4.69, 9.17) is 0 Å². The summed E-state index contributed by atoms with van der Waals surface area (Å²) in [4.78, 5) is 49.5. The molecule has 2 N–H and O–H groups in total. The molecule has 2 fully saturated rings. The second kappa shape index (κ2) is 6.31. The van der Waals surface area contributed by atoms with Crippen molar-refractivity contribution in [3.63, 3.8) is 0 Å². The molecule has 0 bridgehead atoms. The Bertz CT molecular complexity index is 701. The van der Waals surface area contributed by atoms with Gasteiger partial charge in [-0.1, -0.05) is 12.1 Å². The molecule has 0 saturated carbocycles. The van der Waals surface area contributed by atoms with Crippen molar-refractivity contribution in [2.24, 2.45) is 0 Å². The summed E-state index contributed by atoms with van der Waals surface area (Å²) in [6, 6.07) is 5.32. The van der Waals surface area contributed by atoms with Crippen LogP contribution in [0, 0.1) is 0 Å². The smallest absolute Gasteiger partial charge is 0.326 e. The van der Waals surface area contributed by atoms with Crippen molar-refractivity contribution in [3.8, 4) is 0 Å². The third-order valence-corrected chi connectivity index (χ3v) is 4.25. The summed E-state index contributed by atoms with van der Waals surface area (Å²) in [5.41, 5.74) is 0.991. The number of urea groups is 1. The Morgan fingerprint density at radius 1 is 1.29 bits per heavy atom. The Morgan fingerprint density at radius 2 is 2.08 bits per heavy atom. The van der Waals surface area contributed by atoms with Crippen LogP contribution in [-0.4, -0.2) is 57.9 Å². The highest BCUT2D eigenvalue weighted by molar-refractivity contribution is 6.02. The summed E-state index contributed by atoms with van der Waals surface area (Å²) in [5.74, 6) is -1.67. The molecule has 126 valence electrons. The highest BCUT2D eigenvalue weighted by atomic mass is 16.4. The van der Waals surface area contributed by atoms with Crippen LogP contribution in [0.3, 0.4) is 0 Å². The van der Waals surface area contributed by atoms with Crippen LogP contribution in [-0.2, 0) is 16.1 Å². The van der Waals surface area contributed by atoms with E-state index in [0.29, 0.717) is 30.5 Å². The van der Waals surface area contributed by atoms with Crippen molar-refractivity contribution < 1.29 is 24.3 Å². The van der Waals surface area contributed by atoms with Crippen molar-refractivity contribution >= 4 is 23.8 Å². The van der Waals surface area contributed by atoms with Gasteiger partial charge in [-0.05, 0) is 30.5 Å². The van der Waals surface area contributed by atoms with E-state index in [1.165, 1.54) is 4.90 Å². The number of hydrogen-bond acceptors (Lipinski definition) is 4. The number of amides is 4. The van der Waals surface area contributed by atoms with E-state index < -0.39 is 18.0 Å². The molecule has 0 radical (unpaired) electrons. The van der Waals surface area contributed by atoms with Crippen molar-refractivity contribution in [1.29, 1.82) is 0 Å². The third-order valence-electron chi connectivity index (χ3n) is 4.25. The van der Waals surface area contributed by atoms with Crippen LogP contribution in [0.1, 0.15) is 28.8 Å². The van der Waals surface area contributed by atoms with Crippen molar-refractivity contribution in [2.75, 3.05) is 13.1 Å². The first-order chi connectivity index (χ1) is 11.5. The maximum atomic E-state index is 12.6. The maximum Gasteiger partial charge on any atom is 0.326 e. The molecule has 2 saturated heterocycles. The topological polar surface area (TPSA) is 107 Å². The molecule has 4 amide bonds. The summed E-state index contributed by atoms with van der Waals surface area (Å²) in [5, 5.41) is 11.6. The van der Waals surface area contributed by atoms with Gasteiger partial charge in [0.25, 0.3) is 5.91 Å². The molecular formula is C16H17N3O5. The molecule has 24 heavy (non-hydrogen) atoms. The molecule has 0 unspecified atom stereocenters. The summed E-state index contributed by atoms with van der Waals surface area (Å²) in [7, 11) is 0. The summed E-state index contributed by atoms with van der Waals surface area (Å²) in [6.07, 6.45) is 1.11. The molecule has 3 rings (SSSR count). The zero-order chi connectivity index (χ0) is 17.3. The Morgan fingerprint density at radius 3 is 2.75 bits per heavy atom. The fourth-order valence-corrected chi connectivity index (χ4v) is 3.03. The fourth-order valence-electron chi connectivity index (χ4n) is 3.03. The molecule has 0 aromatic heterocycles. The average molecular weight is 331 g/mol. The molecule has 8 heteroatoms. The number of hydrogen-bond donors (Lipinski definition) is 2. The predicted octanol–water partition coefficient (Wildman–Crippen LogP) is 0.428. The van der Waals surface area contributed by atoms with E-state index in [1.807, 2.05) is 0 Å². The van der Waals surface area contributed by atoms with Crippen LogP contribution >= 0.6 is 0 Å². The highest BCUT2D eigenvalue weighted by Gasteiger charge is 2.34. The minimum atomic E-state index is -1.00. The van der Waals surface area contributed by atoms with Crippen molar-refractivity contribution in [3.05, 3.63) is 35.4 Å². The first kappa shape index (κ1) is 16.0. The molecule has 0 aliphatic carbocycles. The van der Waals surface area contributed by atoms with Gasteiger partial charge < -0.3 is 15.3 Å². The van der Waals surface area contributed by atoms with E-state index >= 15 is 0 Å². The van der Waals surface area contributed by atoms with E-state index in [0.717, 1.165) is 4.90 Å². The van der Waals surface area contributed by atoms with Crippen molar-refractivity contribution in [1.82, 2.24) is 15.1 Å². The molecule has 0 spiro atoms. The van der Waals surface area contributed by atoms with Gasteiger partial charge in [0.2, 0.25) is 5.91 Å². The van der Waals surface area contributed by atoms with Gasteiger partial charge in [0.15, 0.2) is 0 Å². The second-order valence-electron chi connectivity index (χ2n) is 5.83. The van der Waals surface area contributed by atoms with Gasteiger partial charge in [-0.3, -0.25) is 14.5 Å². The van der Waals surface area contributed by atoms with E-state index in [9.17, 15) is 24.3 Å². The van der Waals surface area contributed by atoms with Gasteiger partial charge in [0.05, 0.1) is 13.1 Å². The standard InChI is InChI=1S/C16H17N3O5/c20-13-8-17-16(24)19(13)9-10-3-1-4-11(7-10)14(21)18-6-2-5-12(18)15(22)23/h1,3-4,7,12H,2,5-6,8-9H2,(H,17,24)(H,22,23)/t12-/m0/s1. The van der Waals surface area contributed by atoms with Crippen LogP contribution in [0.2, 0.25) is 0 Å². The summed E-state index contributed by atoms with van der Waals surface area (Å²) in [6.45, 7) is 0.465. The summed E-state index contributed by atoms with van der Waals surface area (Å²) < 4.78 is 0. The number of imide groups is 1. The largest absolute Gasteiger partial charge is 0.480 e. The van der Waals surface area contributed by atoms with Crippen LogP contribution < -0.4 is 5.32 Å². The maximum absolute atomic E-state index is 12.6. The van der Waals surface area contributed by atoms with Gasteiger partial charge in [0.1, 0.15) is 6.04 Å². The molecule has 1 atom stereocenters. The molecule has 8 nitrogen and oxygen atoms in total. The van der Waals surface area contributed by atoms with Crippen LogP contribution in [0.15, 0.2) is 24.3 Å². The Kier molecular flexibility index (Phi) is 4.20. The van der Waals surface area contributed by atoms with Gasteiger partial charge in [-0.15, -0.1) is 0 Å². The van der Waals surface area contributed by atoms with Gasteiger partial charge in [-0.25, -0.2) is 9.59 Å². The van der Waals surface area contributed by atoms with Crippen LogP contribution in [0.4, 0.5) is 4.79 Å². The highest BCUT2D eigenvalue weighted by Crippen LogP contribution is 2.21. The number of rotatable bonds is 4. The number of benzene rings is 1. The quantitative estimate of drug-likeness (QED) is 0.778. The van der Waals surface area contributed by atoms with E-state index in [2.05, 4.69) is 5.32 Å². The minimum absolute atomic E-state index is 0.0223. The molecule has 2 heterocycles. The number of likely N-dealkylation sites (tertiary alicyclic amines) is 1. The minimum Gasteiger partial charge on any atom is -0.480 e. The lowest BCUT2D eigenvalue weighted by Crippen LogP contribution is -2.40. The Balaban J connectivity index is 1.77. The average Bonchev–Trinajstić information content (AvgIpc) is 3.17. The predicted molar refractivity (Wildman–Crippen MR) is 82.1 cm³/mol. The monoisotopic (exact) mass is 331 g/mol. The first-order valence-corrected chi connectivity index (χ1v) is 7.68. The number of carbonyl (C=O) groups excluding carboxylic acids is 3. The lowest BCUT2D eigenvalue weighted by atomic mass is 10.1. The van der Waals surface area contributed by atoms with Crippen molar-refractivity contribution in [2.45, 2.75) is 25.4 Å². The molecule has 1 aromatic carbocycles. The SMILES string of the molecule is O=C(O)[C@@H]1CCCN1C(=O)c1cccc(CN2C(=O)CNC2=O)c1. The normalized spacial score (nSPS) is 20.4. The van der Waals surface area contributed by atoms with E-state index in [-0.39, 0.29) is 24.9 Å². The summed E-state index contributed by atoms with van der Waals surface area (Å²) >= 11 is 0. The number of aliphatic carboxylic acids is 1. The Labute approximate surface area is 138 Å².